The third kappa shape index (κ3) is 1.86. The largest absolute Gasteiger partial charge is 0.440 e. The topological polar surface area (TPSA) is 76.5 Å². The van der Waals surface area contributed by atoms with Gasteiger partial charge in [0.1, 0.15) is 5.58 Å². The number of anilines is 1. The van der Waals surface area contributed by atoms with Gasteiger partial charge in [-0.15, -0.1) is 0 Å². The highest BCUT2D eigenvalue weighted by Crippen LogP contribution is 2.34. The van der Waals surface area contributed by atoms with Gasteiger partial charge in [-0.3, -0.25) is 9.59 Å². The van der Waals surface area contributed by atoms with Crippen molar-refractivity contribution in [3.05, 3.63) is 40.1 Å². The predicted octanol–water partition coefficient (Wildman–Crippen LogP) is 1.41. The molecule has 0 unspecified atom stereocenters. The fourth-order valence-electron chi connectivity index (χ4n) is 2.52. The molecule has 0 saturated carbocycles. The van der Waals surface area contributed by atoms with E-state index in [1.54, 1.807) is 6.07 Å². The second-order valence-electron chi connectivity index (χ2n) is 5.73. The number of hydrogen-bond acceptors (Lipinski definition) is 4. The van der Waals surface area contributed by atoms with E-state index in [4.69, 9.17) is 10.2 Å². The average molecular weight is 272 g/mol. The van der Waals surface area contributed by atoms with E-state index in [1.165, 1.54) is 6.07 Å². The number of primary amides is 1. The fraction of sp³-hybridized carbons (Fsp3) is 0.333. The van der Waals surface area contributed by atoms with E-state index in [0.717, 1.165) is 5.56 Å². The number of carbonyl (C=O) groups excluding carboxylic acids is 1. The maximum Gasteiger partial charge on any atom is 0.226 e. The van der Waals surface area contributed by atoms with Crippen LogP contribution in [0.15, 0.2) is 33.5 Å². The summed E-state index contributed by atoms with van der Waals surface area (Å²) in [5.41, 5.74) is 6.32. The second-order valence-corrected chi connectivity index (χ2v) is 5.73. The molecule has 0 bridgehead atoms. The lowest BCUT2D eigenvalue weighted by Gasteiger charge is -2.45. The third-order valence-electron chi connectivity index (χ3n) is 3.86. The molecule has 1 amide bonds. The highest BCUT2D eigenvalue weighted by molar-refractivity contribution is 5.84. The first-order valence-corrected chi connectivity index (χ1v) is 6.48. The molecule has 1 fully saturated rings. The molecule has 0 aliphatic carbocycles. The molecule has 0 atom stereocenters. The standard InChI is InChI=1S/C15H16N2O3/c1-9-3-4-12-10(5-9)11(18)6-13(20-12)17-7-15(2,8-17)14(16)19/h3-6H,7-8H2,1-2H3,(H2,16,19). The van der Waals surface area contributed by atoms with Crippen LogP contribution < -0.4 is 16.1 Å². The zero-order valence-electron chi connectivity index (χ0n) is 11.5. The molecular formula is C15H16N2O3. The van der Waals surface area contributed by atoms with E-state index < -0.39 is 5.41 Å². The highest BCUT2D eigenvalue weighted by atomic mass is 16.4. The highest BCUT2D eigenvalue weighted by Gasteiger charge is 2.44. The summed E-state index contributed by atoms with van der Waals surface area (Å²) in [4.78, 5) is 25.3. The maximum atomic E-state index is 12.1. The zero-order chi connectivity index (χ0) is 14.5. The van der Waals surface area contributed by atoms with E-state index in [9.17, 15) is 9.59 Å². The van der Waals surface area contributed by atoms with Crippen LogP contribution in [-0.2, 0) is 4.79 Å². The summed E-state index contributed by atoms with van der Waals surface area (Å²) < 4.78 is 5.75. The molecule has 1 saturated heterocycles. The Morgan fingerprint density at radius 1 is 1.35 bits per heavy atom. The molecule has 2 heterocycles. The number of nitrogens with two attached hydrogens (primary N) is 1. The summed E-state index contributed by atoms with van der Waals surface area (Å²) in [5, 5.41) is 0.576. The van der Waals surface area contributed by atoms with Gasteiger partial charge in [-0.25, -0.2) is 0 Å². The maximum absolute atomic E-state index is 12.1. The van der Waals surface area contributed by atoms with E-state index in [2.05, 4.69) is 0 Å². The lowest BCUT2D eigenvalue weighted by Crippen LogP contribution is -2.61. The van der Waals surface area contributed by atoms with Gasteiger partial charge in [-0.1, -0.05) is 11.6 Å². The number of amides is 1. The Morgan fingerprint density at radius 3 is 2.70 bits per heavy atom. The van der Waals surface area contributed by atoms with Crippen molar-refractivity contribution in [2.45, 2.75) is 13.8 Å². The molecule has 20 heavy (non-hydrogen) atoms. The van der Waals surface area contributed by atoms with Crippen molar-refractivity contribution in [3.63, 3.8) is 0 Å². The van der Waals surface area contributed by atoms with Crippen molar-refractivity contribution < 1.29 is 9.21 Å². The molecule has 1 aromatic carbocycles. The van der Waals surface area contributed by atoms with Crippen LogP contribution in [0.4, 0.5) is 5.88 Å². The fourth-order valence-corrected chi connectivity index (χ4v) is 2.52. The Kier molecular flexibility index (Phi) is 2.61. The van der Waals surface area contributed by atoms with Crippen LogP contribution in [0.5, 0.6) is 0 Å². The smallest absolute Gasteiger partial charge is 0.226 e. The van der Waals surface area contributed by atoms with E-state index >= 15 is 0 Å². The molecule has 1 aliphatic heterocycles. The van der Waals surface area contributed by atoms with Crippen molar-refractivity contribution >= 4 is 22.8 Å². The summed E-state index contributed by atoms with van der Waals surface area (Å²) in [7, 11) is 0. The minimum absolute atomic E-state index is 0.0716. The first-order chi connectivity index (χ1) is 9.39. The number of carbonyl (C=O) groups is 1. The molecule has 1 aliphatic rings. The van der Waals surface area contributed by atoms with E-state index in [0.29, 0.717) is 29.9 Å². The van der Waals surface area contributed by atoms with Crippen LogP contribution in [-0.4, -0.2) is 19.0 Å². The summed E-state index contributed by atoms with van der Waals surface area (Å²) in [6.07, 6.45) is 0. The SMILES string of the molecule is Cc1ccc2oc(N3CC(C)(C(N)=O)C3)cc(=O)c2c1. The van der Waals surface area contributed by atoms with Gasteiger partial charge in [0.05, 0.1) is 10.8 Å². The van der Waals surface area contributed by atoms with Gasteiger partial charge in [0.25, 0.3) is 0 Å². The van der Waals surface area contributed by atoms with Crippen molar-refractivity contribution in [1.29, 1.82) is 0 Å². The van der Waals surface area contributed by atoms with Crippen molar-refractivity contribution in [2.24, 2.45) is 11.1 Å². The minimum Gasteiger partial charge on any atom is -0.440 e. The summed E-state index contributed by atoms with van der Waals surface area (Å²) in [6, 6.07) is 6.98. The molecule has 2 N–H and O–H groups in total. The molecule has 3 rings (SSSR count). The van der Waals surface area contributed by atoms with Crippen LogP contribution in [0.3, 0.4) is 0 Å². The van der Waals surface area contributed by atoms with Gasteiger partial charge in [-0.05, 0) is 26.0 Å². The number of hydrogen-bond donors (Lipinski definition) is 1. The van der Waals surface area contributed by atoms with Crippen molar-refractivity contribution in [3.8, 4) is 0 Å². The lowest BCUT2D eigenvalue weighted by atomic mass is 9.81. The molecule has 0 spiro atoms. The van der Waals surface area contributed by atoms with Gasteiger partial charge in [-0.2, -0.15) is 0 Å². The number of nitrogens with zero attached hydrogens (tertiary/aromatic N) is 1. The van der Waals surface area contributed by atoms with Crippen molar-refractivity contribution in [1.82, 2.24) is 0 Å². The summed E-state index contributed by atoms with van der Waals surface area (Å²) in [5.74, 6) is 0.164. The number of rotatable bonds is 2. The van der Waals surface area contributed by atoms with E-state index in [-0.39, 0.29) is 11.3 Å². The Labute approximate surface area is 116 Å². The minimum atomic E-state index is -0.541. The Morgan fingerprint density at radius 2 is 2.05 bits per heavy atom. The van der Waals surface area contributed by atoms with Crippen LogP contribution in [0.1, 0.15) is 12.5 Å². The summed E-state index contributed by atoms with van der Waals surface area (Å²) in [6.45, 7) is 4.69. The van der Waals surface area contributed by atoms with Crippen molar-refractivity contribution in [2.75, 3.05) is 18.0 Å². The first kappa shape index (κ1) is 12.7. The van der Waals surface area contributed by atoms with Gasteiger partial charge in [0.15, 0.2) is 11.3 Å². The number of aryl methyl sites for hydroxylation is 1. The van der Waals surface area contributed by atoms with Crippen LogP contribution in [0.25, 0.3) is 11.0 Å². The number of benzene rings is 1. The number of fused-ring (bicyclic) bond motifs is 1. The van der Waals surface area contributed by atoms with Gasteiger partial charge in [0, 0.05) is 19.2 Å². The van der Waals surface area contributed by atoms with E-state index in [1.807, 2.05) is 30.9 Å². The van der Waals surface area contributed by atoms with Gasteiger partial charge in [0.2, 0.25) is 5.91 Å². The monoisotopic (exact) mass is 272 g/mol. The van der Waals surface area contributed by atoms with Crippen LogP contribution in [0.2, 0.25) is 0 Å². The molecule has 5 heteroatoms. The molecule has 5 nitrogen and oxygen atoms in total. The third-order valence-corrected chi connectivity index (χ3v) is 3.86. The van der Waals surface area contributed by atoms with Crippen LogP contribution >= 0.6 is 0 Å². The summed E-state index contributed by atoms with van der Waals surface area (Å²) >= 11 is 0. The molecule has 104 valence electrons. The molecule has 2 aromatic rings. The predicted molar refractivity (Wildman–Crippen MR) is 76.7 cm³/mol. The normalized spacial score (nSPS) is 17.0. The zero-order valence-corrected chi connectivity index (χ0v) is 11.5. The lowest BCUT2D eigenvalue weighted by molar-refractivity contribution is -0.128. The Bertz CT molecular complexity index is 757. The first-order valence-electron chi connectivity index (χ1n) is 6.48. The second kappa shape index (κ2) is 4.10. The van der Waals surface area contributed by atoms with Gasteiger partial charge >= 0.3 is 0 Å². The Hall–Kier alpha value is -2.30. The van der Waals surface area contributed by atoms with Gasteiger partial charge < -0.3 is 15.1 Å². The molecule has 0 radical (unpaired) electrons. The Balaban J connectivity index is 1.97. The quantitative estimate of drug-likeness (QED) is 0.896. The molecule has 1 aromatic heterocycles. The average Bonchev–Trinajstić information content (AvgIpc) is 2.35. The molecular weight excluding hydrogens is 256 g/mol. The van der Waals surface area contributed by atoms with Crippen LogP contribution in [0, 0.1) is 12.3 Å².